The molecule has 0 bridgehead atoms. The van der Waals surface area contributed by atoms with E-state index >= 15 is 0 Å². The van der Waals surface area contributed by atoms with E-state index in [1.54, 1.807) is 0 Å². The molecule has 8 heteroatoms. The van der Waals surface area contributed by atoms with Gasteiger partial charge < -0.3 is 9.73 Å². The molecular weight excluding hydrogens is 364 g/mol. The van der Waals surface area contributed by atoms with Crippen LogP contribution >= 0.6 is 11.8 Å². The summed E-state index contributed by atoms with van der Waals surface area (Å²) in [5.74, 6) is -0.0126. The number of carbonyl (C=O) groups excluding carboxylic acids is 2. The van der Waals surface area contributed by atoms with Gasteiger partial charge in [0.25, 0.3) is 5.22 Å². The van der Waals surface area contributed by atoms with Gasteiger partial charge in [0.15, 0.2) is 0 Å². The summed E-state index contributed by atoms with van der Waals surface area (Å²) in [5, 5.41) is 13.2. The Kier molecular flexibility index (Phi) is 7.01. The standard InChI is InChI=1S/C19H26N4O3S/c1-6-12(2)20-17(25)21-15(24)11-27-18-23-22-16(26-18)13-7-9-14(10-8-13)19(3,4)5/h7-10,12H,6,11H2,1-5H3,(H2,20,21,24,25)/t12-/m1/s1. The van der Waals surface area contributed by atoms with Crippen LogP contribution in [0.2, 0.25) is 0 Å². The Bertz CT molecular complexity index is 781. The van der Waals surface area contributed by atoms with Gasteiger partial charge in [0, 0.05) is 11.6 Å². The van der Waals surface area contributed by atoms with E-state index in [0.717, 1.165) is 23.7 Å². The number of urea groups is 1. The smallest absolute Gasteiger partial charge is 0.321 e. The van der Waals surface area contributed by atoms with Crippen LogP contribution in [0.15, 0.2) is 33.9 Å². The van der Waals surface area contributed by atoms with E-state index in [4.69, 9.17) is 4.42 Å². The molecular formula is C19H26N4O3S. The van der Waals surface area contributed by atoms with Crippen molar-refractivity contribution in [3.05, 3.63) is 29.8 Å². The van der Waals surface area contributed by atoms with Crippen molar-refractivity contribution in [1.29, 1.82) is 0 Å². The number of nitrogens with zero attached hydrogens (tertiary/aromatic N) is 2. The van der Waals surface area contributed by atoms with E-state index in [0.29, 0.717) is 5.89 Å². The van der Waals surface area contributed by atoms with Crippen LogP contribution in [0.5, 0.6) is 0 Å². The zero-order valence-corrected chi connectivity index (χ0v) is 17.1. The van der Waals surface area contributed by atoms with E-state index in [9.17, 15) is 9.59 Å². The molecule has 3 amide bonds. The molecule has 1 atom stereocenters. The lowest BCUT2D eigenvalue weighted by Gasteiger charge is -2.18. The molecule has 0 radical (unpaired) electrons. The minimum atomic E-state index is -0.500. The molecule has 2 aromatic rings. The second-order valence-electron chi connectivity index (χ2n) is 7.32. The first kappa shape index (κ1) is 21.0. The summed E-state index contributed by atoms with van der Waals surface area (Å²) in [6.07, 6.45) is 0.790. The van der Waals surface area contributed by atoms with Gasteiger partial charge in [0.2, 0.25) is 11.8 Å². The Morgan fingerprint density at radius 2 is 1.85 bits per heavy atom. The van der Waals surface area contributed by atoms with E-state index < -0.39 is 11.9 Å². The fourth-order valence-electron chi connectivity index (χ4n) is 2.15. The molecule has 27 heavy (non-hydrogen) atoms. The largest absolute Gasteiger partial charge is 0.411 e. The van der Waals surface area contributed by atoms with Gasteiger partial charge in [0.05, 0.1) is 5.75 Å². The van der Waals surface area contributed by atoms with Crippen LogP contribution in [0.1, 0.15) is 46.6 Å². The average Bonchev–Trinajstić information content (AvgIpc) is 3.08. The van der Waals surface area contributed by atoms with E-state index in [1.165, 1.54) is 5.56 Å². The monoisotopic (exact) mass is 390 g/mol. The average molecular weight is 391 g/mol. The second kappa shape index (κ2) is 9.03. The van der Waals surface area contributed by atoms with Gasteiger partial charge in [0.1, 0.15) is 0 Å². The van der Waals surface area contributed by atoms with Crippen LogP contribution in [-0.4, -0.2) is 33.9 Å². The zero-order valence-electron chi connectivity index (χ0n) is 16.3. The lowest BCUT2D eigenvalue weighted by atomic mass is 9.87. The molecule has 0 aliphatic carbocycles. The van der Waals surface area contributed by atoms with Crippen molar-refractivity contribution in [2.75, 3.05) is 5.75 Å². The maximum atomic E-state index is 11.8. The molecule has 7 nitrogen and oxygen atoms in total. The maximum Gasteiger partial charge on any atom is 0.321 e. The Morgan fingerprint density at radius 3 is 2.44 bits per heavy atom. The zero-order chi connectivity index (χ0) is 20.0. The van der Waals surface area contributed by atoms with Gasteiger partial charge in [-0.05, 0) is 36.5 Å². The number of imide groups is 1. The second-order valence-corrected chi connectivity index (χ2v) is 8.25. The Morgan fingerprint density at radius 1 is 1.19 bits per heavy atom. The minimum absolute atomic E-state index is 0.00798. The highest BCUT2D eigenvalue weighted by molar-refractivity contribution is 7.99. The molecule has 1 aromatic carbocycles. The van der Waals surface area contributed by atoms with Crippen LogP contribution in [0.4, 0.5) is 4.79 Å². The quantitative estimate of drug-likeness (QED) is 0.729. The van der Waals surface area contributed by atoms with E-state index in [2.05, 4.69) is 41.6 Å². The molecule has 2 rings (SSSR count). The summed E-state index contributed by atoms with van der Waals surface area (Å²) in [5.41, 5.74) is 2.11. The van der Waals surface area contributed by atoms with Crippen LogP contribution < -0.4 is 10.6 Å². The third kappa shape index (κ3) is 6.39. The van der Waals surface area contributed by atoms with Gasteiger partial charge in [-0.1, -0.05) is 51.6 Å². The predicted molar refractivity (Wildman–Crippen MR) is 106 cm³/mol. The summed E-state index contributed by atoms with van der Waals surface area (Å²) in [6, 6.07) is 7.46. The summed E-state index contributed by atoms with van der Waals surface area (Å²) in [7, 11) is 0. The Balaban J connectivity index is 1.89. The molecule has 1 aromatic heterocycles. The van der Waals surface area contributed by atoms with Gasteiger partial charge in [-0.3, -0.25) is 10.1 Å². The molecule has 2 N–H and O–H groups in total. The first-order valence-electron chi connectivity index (χ1n) is 8.86. The normalized spacial score (nSPS) is 12.5. The van der Waals surface area contributed by atoms with E-state index in [1.807, 2.05) is 38.1 Å². The fraction of sp³-hybridized carbons (Fsp3) is 0.474. The number of nitrogens with one attached hydrogen (secondary N) is 2. The number of amides is 3. The summed E-state index contributed by atoms with van der Waals surface area (Å²) in [4.78, 5) is 23.4. The van der Waals surface area contributed by atoms with Gasteiger partial charge in [-0.2, -0.15) is 0 Å². The van der Waals surface area contributed by atoms with Crippen molar-refractivity contribution in [2.24, 2.45) is 0 Å². The summed E-state index contributed by atoms with van der Waals surface area (Å²) < 4.78 is 5.59. The number of hydrogen-bond donors (Lipinski definition) is 2. The van der Waals surface area contributed by atoms with Gasteiger partial charge in [-0.15, -0.1) is 10.2 Å². The topological polar surface area (TPSA) is 97.1 Å². The number of aromatic nitrogens is 2. The predicted octanol–water partition coefficient (Wildman–Crippen LogP) is 3.75. The Labute approximate surface area is 163 Å². The van der Waals surface area contributed by atoms with Crippen LogP contribution in [-0.2, 0) is 10.2 Å². The van der Waals surface area contributed by atoms with Gasteiger partial charge in [-0.25, -0.2) is 4.79 Å². The highest BCUT2D eigenvalue weighted by Gasteiger charge is 2.16. The van der Waals surface area contributed by atoms with Crippen LogP contribution in [0.3, 0.4) is 0 Å². The first-order valence-corrected chi connectivity index (χ1v) is 9.85. The Hall–Kier alpha value is -2.35. The minimum Gasteiger partial charge on any atom is -0.411 e. The summed E-state index contributed by atoms with van der Waals surface area (Å²) in [6.45, 7) is 10.3. The highest BCUT2D eigenvalue weighted by Crippen LogP contribution is 2.27. The number of benzene rings is 1. The molecule has 0 saturated heterocycles. The molecule has 146 valence electrons. The molecule has 0 fully saturated rings. The number of carbonyl (C=O) groups is 2. The van der Waals surface area contributed by atoms with Crippen molar-refractivity contribution < 1.29 is 14.0 Å². The van der Waals surface area contributed by atoms with Crippen molar-refractivity contribution in [3.63, 3.8) is 0 Å². The van der Waals surface area contributed by atoms with Crippen molar-refractivity contribution in [2.45, 2.75) is 57.7 Å². The van der Waals surface area contributed by atoms with E-state index in [-0.39, 0.29) is 22.4 Å². The molecule has 0 unspecified atom stereocenters. The molecule has 0 spiro atoms. The fourth-order valence-corrected chi connectivity index (χ4v) is 2.71. The molecule has 0 aliphatic rings. The van der Waals surface area contributed by atoms with Crippen molar-refractivity contribution in [1.82, 2.24) is 20.8 Å². The lowest BCUT2D eigenvalue weighted by Crippen LogP contribution is -2.43. The number of hydrogen-bond acceptors (Lipinski definition) is 6. The summed E-state index contributed by atoms with van der Waals surface area (Å²) >= 11 is 1.09. The first-order chi connectivity index (χ1) is 12.7. The highest BCUT2D eigenvalue weighted by atomic mass is 32.2. The third-order valence-electron chi connectivity index (χ3n) is 3.97. The van der Waals surface area contributed by atoms with Crippen LogP contribution in [0.25, 0.3) is 11.5 Å². The molecule has 0 saturated carbocycles. The lowest BCUT2D eigenvalue weighted by molar-refractivity contribution is -0.117. The SMILES string of the molecule is CC[C@@H](C)NC(=O)NC(=O)CSc1nnc(-c2ccc(C(C)(C)C)cc2)o1. The van der Waals surface area contributed by atoms with Crippen LogP contribution in [0, 0.1) is 0 Å². The maximum absolute atomic E-state index is 11.8. The number of rotatable bonds is 6. The third-order valence-corrected chi connectivity index (χ3v) is 4.79. The van der Waals surface area contributed by atoms with Crippen molar-refractivity contribution >= 4 is 23.7 Å². The van der Waals surface area contributed by atoms with Crippen molar-refractivity contribution in [3.8, 4) is 11.5 Å². The molecule has 0 aliphatic heterocycles. The molecule has 1 heterocycles. The number of thioether (sulfide) groups is 1. The van der Waals surface area contributed by atoms with Gasteiger partial charge >= 0.3 is 6.03 Å².